The van der Waals surface area contributed by atoms with Crippen LogP contribution in [0.2, 0.25) is 0 Å². The lowest BCUT2D eigenvalue weighted by Gasteiger charge is -2.08. The van der Waals surface area contributed by atoms with Gasteiger partial charge >= 0.3 is 5.97 Å². The molecule has 0 saturated heterocycles. The summed E-state index contributed by atoms with van der Waals surface area (Å²) in [6, 6.07) is 7.91. The monoisotopic (exact) mass is 270 g/mol. The average molecular weight is 270 g/mol. The number of aromatic nitrogens is 2. The van der Waals surface area contributed by atoms with Gasteiger partial charge in [-0.1, -0.05) is 30.3 Å². The van der Waals surface area contributed by atoms with Gasteiger partial charge in [-0.15, -0.1) is 0 Å². The van der Waals surface area contributed by atoms with E-state index < -0.39 is 0 Å². The Morgan fingerprint density at radius 1 is 1.35 bits per heavy atom. The van der Waals surface area contributed by atoms with Gasteiger partial charge in [0.25, 0.3) is 0 Å². The summed E-state index contributed by atoms with van der Waals surface area (Å²) in [6.45, 7) is 4.80. The predicted molar refractivity (Wildman–Crippen MR) is 78.1 cm³/mol. The van der Waals surface area contributed by atoms with E-state index in [0.29, 0.717) is 12.2 Å². The zero-order valence-electron chi connectivity index (χ0n) is 11.7. The zero-order valence-corrected chi connectivity index (χ0v) is 11.7. The van der Waals surface area contributed by atoms with Crippen molar-refractivity contribution in [2.45, 2.75) is 20.4 Å². The van der Waals surface area contributed by atoms with E-state index in [1.54, 1.807) is 25.5 Å². The Bertz CT molecular complexity index is 583. The number of hydrogen-bond acceptors (Lipinski definition) is 3. The van der Waals surface area contributed by atoms with Crippen molar-refractivity contribution >= 4 is 11.5 Å². The summed E-state index contributed by atoms with van der Waals surface area (Å²) in [4.78, 5) is 15.8. The highest BCUT2D eigenvalue weighted by atomic mass is 16.5. The van der Waals surface area contributed by atoms with Crippen molar-refractivity contribution in [2.75, 3.05) is 6.61 Å². The average Bonchev–Trinajstić information content (AvgIpc) is 2.95. The maximum atomic E-state index is 11.8. The fourth-order valence-corrected chi connectivity index (χ4v) is 1.99. The minimum absolute atomic E-state index is 0.280. The first kappa shape index (κ1) is 14.1. The standard InChI is InChI=1S/C16H18N2O2/c1-3-15(16(19)20-4-2)14-7-5-13(6-8-14)11-18-10-9-17-12-18/h3,5-10,12H,4,11H2,1-2H3. The quantitative estimate of drug-likeness (QED) is 0.620. The lowest BCUT2D eigenvalue weighted by molar-refractivity contribution is -0.136. The number of carbonyl (C=O) groups excluding carboxylic acids is 1. The fourth-order valence-electron chi connectivity index (χ4n) is 1.99. The number of nitrogens with zero attached hydrogens (tertiary/aromatic N) is 2. The number of benzene rings is 1. The molecule has 1 aromatic carbocycles. The van der Waals surface area contributed by atoms with Crippen molar-refractivity contribution in [3.05, 3.63) is 60.2 Å². The summed E-state index contributed by atoms with van der Waals surface area (Å²) in [5, 5.41) is 0. The number of rotatable bonds is 5. The van der Waals surface area contributed by atoms with Crippen molar-refractivity contribution in [3.8, 4) is 0 Å². The summed E-state index contributed by atoms with van der Waals surface area (Å²) in [6.07, 6.45) is 7.24. The number of carbonyl (C=O) groups is 1. The van der Waals surface area contributed by atoms with Crippen LogP contribution in [0.4, 0.5) is 0 Å². The van der Waals surface area contributed by atoms with Crippen LogP contribution in [0, 0.1) is 0 Å². The molecule has 20 heavy (non-hydrogen) atoms. The van der Waals surface area contributed by atoms with Crippen molar-refractivity contribution < 1.29 is 9.53 Å². The Balaban J connectivity index is 2.12. The van der Waals surface area contributed by atoms with Gasteiger partial charge in [-0.2, -0.15) is 0 Å². The Kier molecular flexibility index (Phi) is 4.71. The second-order valence-electron chi connectivity index (χ2n) is 4.35. The van der Waals surface area contributed by atoms with Gasteiger partial charge in [-0.3, -0.25) is 0 Å². The molecule has 0 amide bonds. The molecule has 0 spiro atoms. The molecule has 104 valence electrons. The van der Waals surface area contributed by atoms with Crippen LogP contribution < -0.4 is 0 Å². The first-order chi connectivity index (χ1) is 9.74. The first-order valence-corrected chi connectivity index (χ1v) is 6.63. The molecule has 0 unspecified atom stereocenters. The van der Waals surface area contributed by atoms with Gasteiger partial charge in [0.15, 0.2) is 0 Å². The van der Waals surface area contributed by atoms with Crippen molar-refractivity contribution in [1.29, 1.82) is 0 Å². The van der Waals surface area contributed by atoms with Crippen LogP contribution in [0.1, 0.15) is 25.0 Å². The molecule has 0 saturated carbocycles. The van der Waals surface area contributed by atoms with E-state index in [2.05, 4.69) is 4.98 Å². The summed E-state index contributed by atoms with van der Waals surface area (Å²) < 4.78 is 7.04. The molecule has 4 nitrogen and oxygen atoms in total. The Hall–Kier alpha value is -2.36. The van der Waals surface area contributed by atoms with Gasteiger partial charge in [-0.25, -0.2) is 9.78 Å². The third kappa shape index (κ3) is 3.35. The van der Waals surface area contributed by atoms with Crippen molar-refractivity contribution in [1.82, 2.24) is 9.55 Å². The molecule has 0 aliphatic heterocycles. The molecule has 0 aliphatic carbocycles. The molecule has 2 rings (SSSR count). The lowest BCUT2D eigenvalue weighted by Crippen LogP contribution is -2.06. The molecular weight excluding hydrogens is 252 g/mol. The maximum Gasteiger partial charge on any atom is 0.338 e. The van der Waals surface area contributed by atoms with E-state index in [9.17, 15) is 4.79 Å². The predicted octanol–water partition coefficient (Wildman–Crippen LogP) is 2.90. The van der Waals surface area contributed by atoms with Gasteiger partial charge in [0, 0.05) is 18.9 Å². The first-order valence-electron chi connectivity index (χ1n) is 6.63. The highest BCUT2D eigenvalue weighted by Gasteiger charge is 2.11. The third-order valence-corrected chi connectivity index (χ3v) is 2.97. The smallest absolute Gasteiger partial charge is 0.338 e. The van der Waals surface area contributed by atoms with Gasteiger partial charge in [-0.05, 0) is 25.0 Å². The molecule has 0 fully saturated rings. The molecular formula is C16H18N2O2. The topological polar surface area (TPSA) is 44.1 Å². The van der Waals surface area contributed by atoms with E-state index in [1.807, 2.05) is 42.0 Å². The lowest BCUT2D eigenvalue weighted by atomic mass is 10.0. The van der Waals surface area contributed by atoms with E-state index in [1.165, 1.54) is 0 Å². The van der Waals surface area contributed by atoms with E-state index in [0.717, 1.165) is 17.7 Å². The Morgan fingerprint density at radius 3 is 2.65 bits per heavy atom. The molecule has 2 aromatic rings. The summed E-state index contributed by atoms with van der Waals surface area (Å²) in [5.74, 6) is -0.280. The van der Waals surface area contributed by atoms with Crippen molar-refractivity contribution in [3.63, 3.8) is 0 Å². The molecule has 0 N–H and O–H groups in total. The minimum Gasteiger partial charge on any atom is -0.462 e. The largest absolute Gasteiger partial charge is 0.462 e. The molecule has 4 heteroatoms. The van der Waals surface area contributed by atoms with E-state index in [-0.39, 0.29) is 5.97 Å². The number of esters is 1. The SMILES string of the molecule is CC=C(C(=O)OCC)c1ccc(Cn2ccnc2)cc1. The molecule has 0 radical (unpaired) electrons. The third-order valence-electron chi connectivity index (χ3n) is 2.97. The molecule has 0 atom stereocenters. The molecule has 0 bridgehead atoms. The fraction of sp³-hybridized carbons (Fsp3) is 0.250. The van der Waals surface area contributed by atoms with Crippen LogP contribution >= 0.6 is 0 Å². The van der Waals surface area contributed by atoms with Crippen molar-refractivity contribution in [2.24, 2.45) is 0 Å². The van der Waals surface area contributed by atoms with Crippen LogP contribution in [0.3, 0.4) is 0 Å². The normalized spacial score (nSPS) is 11.4. The summed E-state index contributed by atoms with van der Waals surface area (Å²) in [7, 11) is 0. The van der Waals surface area contributed by atoms with Crippen LogP contribution in [0.25, 0.3) is 5.57 Å². The Labute approximate surface area is 118 Å². The number of imidazole rings is 1. The summed E-state index contributed by atoms with van der Waals surface area (Å²) >= 11 is 0. The number of hydrogen-bond donors (Lipinski definition) is 0. The van der Waals surface area contributed by atoms with E-state index in [4.69, 9.17) is 4.74 Å². The van der Waals surface area contributed by atoms with Gasteiger partial charge in [0.2, 0.25) is 0 Å². The second-order valence-corrected chi connectivity index (χ2v) is 4.35. The maximum absolute atomic E-state index is 11.8. The zero-order chi connectivity index (χ0) is 14.4. The minimum atomic E-state index is -0.280. The summed E-state index contributed by atoms with van der Waals surface area (Å²) in [5.41, 5.74) is 2.63. The molecule has 0 aliphatic rings. The van der Waals surface area contributed by atoms with Crippen LogP contribution in [0.5, 0.6) is 0 Å². The van der Waals surface area contributed by atoms with E-state index >= 15 is 0 Å². The van der Waals surface area contributed by atoms with Gasteiger partial charge in [0.05, 0.1) is 18.5 Å². The second kappa shape index (κ2) is 6.70. The number of allylic oxidation sites excluding steroid dienone is 1. The van der Waals surface area contributed by atoms with Gasteiger partial charge in [0.1, 0.15) is 0 Å². The molecule has 1 aromatic heterocycles. The van der Waals surface area contributed by atoms with Crippen LogP contribution in [-0.2, 0) is 16.1 Å². The van der Waals surface area contributed by atoms with Crippen LogP contribution in [0.15, 0.2) is 49.1 Å². The highest BCUT2D eigenvalue weighted by Crippen LogP contribution is 2.17. The highest BCUT2D eigenvalue weighted by molar-refractivity contribution is 6.16. The van der Waals surface area contributed by atoms with Crippen LogP contribution in [-0.4, -0.2) is 22.1 Å². The number of ether oxygens (including phenoxy) is 1. The van der Waals surface area contributed by atoms with Gasteiger partial charge < -0.3 is 9.30 Å². The Morgan fingerprint density at radius 2 is 2.10 bits per heavy atom. The molecule has 1 heterocycles.